The van der Waals surface area contributed by atoms with E-state index in [0.29, 0.717) is 5.56 Å². The Bertz CT molecular complexity index is 873. The van der Waals surface area contributed by atoms with E-state index in [1.54, 1.807) is 11.8 Å². The standard InChI is InChI=1S/C18H16N2O2S/c21-17-15(11-19-18(22)20-17)16(14-9-5-2-6-10-14)23-12-13-7-3-1-4-8-13/h1-11,16H,12H2,(H2,19,20,21,22). The molecule has 5 heteroatoms. The van der Waals surface area contributed by atoms with Crippen LogP contribution in [0.1, 0.15) is 21.9 Å². The summed E-state index contributed by atoms with van der Waals surface area (Å²) in [4.78, 5) is 28.3. The van der Waals surface area contributed by atoms with Gasteiger partial charge in [-0.1, -0.05) is 60.7 Å². The van der Waals surface area contributed by atoms with Crippen molar-refractivity contribution < 1.29 is 0 Å². The second-order valence-electron chi connectivity index (χ2n) is 5.11. The van der Waals surface area contributed by atoms with Crippen LogP contribution in [0.2, 0.25) is 0 Å². The summed E-state index contributed by atoms with van der Waals surface area (Å²) < 4.78 is 0. The summed E-state index contributed by atoms with van der Waals surface area (Å²) in [6.45, 7) is 0. The van der Waals surface area contributed by atoms with E-state index >= 15 is 0 Å². The van der Waals surface area contributed by atoms with Crippen molar-refractivity contribution in [1.82, 2.24) is 9.97 Å². The van der Waals surface area contributed by atoms with Crippen LogP contribution in [0.4, 0.5) is 0 Å². The fourth-order valence-electron chi connectivity index (χ4n) is 2.36. The van der Waals surface area contributed by atoms with E-state index in [1.165, 1.54) is 11.8 Å². The molecular formula is C18H16N2O2S. The van der Waals surface area contributed by atoms with E-state index in [4.69, 9.17) is 0 Å². The minimum absolute atomic E-state index is 0.142. The molecule has 3 aromatic rings. The first-order chi connectivity index (χ1) is 11.2. The zero-order chi connectivity index (χ0) is 16.1. The monoisotopic (exact) mass is 324 g/mol. The molecule has 0 fully saturated rings. The number of benzene rings is 2. The third-order valence-corrected chi connectivity index (χ3v) is 4.85. The molecule has 0 saturated heterocycles. The summed E-state index contributed by atoms with van der Waals surface area (Å²) in [5.41, 5.74) is 1.95. The van der Waals surface area contributed by atoms with Gasteiger partial charge in [0.2, 0.25) is 0 Å². The lowest BCUT2D eigenvalue weighted by Gasteiger charge is -2.16. The Labute approximate surface area is 137 Å². The lowest BCUT2D eigenvalue weighted by Crippen LogP contribution is -2.26. The maximum absolute atomic E-state index is 12.2. The number of hydrogen-bond donors (Lipinski definition) is 2. The highest BCUT2D eigenvalue weighted by molar-refractivity contribution is 7.98. The first-order valence-corrected chi connectivity index (χ1v) is 8.31. The maximum atomic E-state index is 12.2. The SMILES string of the molecule is O=c1[nH]cc(C(SCc2ccccc2)c2ccccc2)c(=O)[nH]1. The molecule has 0 aliphatic carbocycles. The molecule has 1 heterocycles. The van der Waals surface area contributed by atoms with Gasteiger partial charge in [-0.2, -0.15) is 0 Å². The molecule has 2 N–H and O–H groups in total. The van der Waals surface area contributed by atoms with E-state index in [-0.39, 0.29) is 10.8 Å². The van der Waals surface area contributed by atoms with Crippen molar-refractivity contribution in [3.05, 3.63) is 104 Å². The van der Waals surface area contributed by atoms with Crippen LogP contribution in [0.3, 0.4) is 0 Å². The van der Waals surface area contributed by atoms with Gasteiger partial charge in [0.25, 0.3) is 5.56 Å². The molecule has 1 unspecified atom stereocenters. The van der Waals surface area contributed by atoms with Crippen LogP contribution in [-0.2, 0) is 5.75 Å². The van der Waals surface area contributed by atoms with Crippen LogP contribution in [-0.4, -0.2) is 9.97 Å². The van der Waals surface area contributed by atoms with Gasteiger partial charge in [0.1, 0.15) is 0 Å². The van der Waals surface area contributed by atoms with E-state index in [2.05, 4.69) is 22.1 Å². The first-order valence-electron chi connectivity index (χ1n) is 7.26. The molecule has 0 bridgehead atoms. The molecule has 2 aromatic carbocycles. The predicted octanol–water partition coefficient (Wildman–Crippen LogP) is 3.09. The van der Waals surface area contributed by atoms with Crippen LogP contribution in [0.25, 0.3) is 0 Å². The summed E-state index contributed by atoms with van der Waals surface area (Å²) in [7, 11) is 0. The zero-order valence-corrected chi connectivity index (χ0v) is 13.2. The molecule has 1 aromatic heterocycles. The van der Waals surface area contributed by atoms with Gasteiger partial charge in [-0.25, -0.2) is 4.79 Å². The Morgan fingerprint density at radius 3 is 2.22 bits per heavy atom. The van der Waals surface area contributed by atoms with Crippen molar-refractivity contribution in [1.29, 1.82) is 0 Å². The van der Waals surface area contributed by atoms with Gasteiger partial charge in [0, 0.05) is 11.9 Å². The largest absolute Gasteiger partial charge is 0.325 e. The van der Waals surface area contributed by atoms with Crippen molar-refractivity contribution in [2.24, 2.45) is 0 Å². The van der Waals surface area contributed by atoms with Crippen molar-refractivity contribution in [3.63, 3.8) is 0 Å². The Morgan fingerprint density at radius 1 is 0.913 bits per heavy atom. The van der Waals surface area contributed by atoms with Gasteiger partial charge in [0.05, 0.1) is 10.8 Å². The van der Waals surface area contributed by atoms with Gasteiger partial charge in [0.15, 0.2) is 0 Å². The number of thioether (sulfide) groups is 1. The number of rotatable bonds is 5. The van der Waals surface area contributed by atoms with Crippen LogP contribution in [0, 0.1) is 0 Å². The van der Waals surface area contributed by atoms with Gasteiger partial charge < -0.3 is 4.98 Å². The molecular weight excluding hydrogens is 308 g/mol. The molecule has 0 spiro atoms. The van der Waals surface area contributed by atoms with Crippen LogP contribution in [0.15, 0.2) is 76.4 Å². The fraction of sp³-hybridized carbons (Fsp3) is 0.111. The van der Waals surface area contributed by atoms with Crippen molar-refractivity contribution in [2.45, 2.75) is 11.0 Å². The molecule has 0 aliphatic rings. The maximum Gasteiger partial charge on any atom is 0.325 e. The molecule has 1 atom stereocenters. The zero-order valence-electron chi connectivity index (χ0n) is 12.4. The minimum atomic E-state index is -0.487. The highest BCUT2D eigenvalue weighted by Gasteiger charge is 2.18. The number of nitrogens with one attached hydrogen (secondary N) is 2. The summed E-state index contributed by atoms with van der Waals surface area (Å²) in [6, 6.07) is 19.9. The fourth-order valence-corrected chi connectivity index (χ4v) is 3.62. The lowest BCUT2D eigenvalue weighted by atomic mass is 10.1. The summed E-state index contributed by atoms with van der Waals surface area (Å²) in [6.07, 6.45) is 1.51. The van der Waals surface area contributed by atoms with Crippen LogP contribution >= 0.6 is 11.8 Å². The number of aromatic amines is 2. The van der Waals surface area contributed by atoms with Gasteiger partial charge in [-0.05, 0) is 11.1 Å². The third-order valence-electron chi connectivity index (χ3n) is 3.49. The second kappa shape index (κ2) is 7.15. The van der Waals surface area contributed by atoms with E-state index in [9.17, 15) is 9.59 Å². The Balaban J connectivity index is 1.94. The molecule has 0 saturated carbocycles. The van der Waals surface area contributed by atoms with Crippen LogP contribution in [0.5, 0.6) is 0 Å². The Morgan fingerprint density at radius 2 is 1.57 bits per heavy atom. The minimum Gasteiger partial charge on any atom is -0.314 e. The summed E-state index contributed by atoms with van der Waals surface area (Å²) >= 11 is 1.66. The quantitative estimate of drug-likeness (QED) is 0.758. The molecule has 0 aliphatic heterocycles. The molecule has 23 heavy (non-hydrogen) atoms. The highest BCUT2D eigenvalue weighted by Crippen LogP contribution is 2.35. The normalized spacial score (nSPS) is 12.0. The second-order valence-corrected chi connectivity index (χ2v) is 6.21. The summed E-state index contributed by atoms with van der Waals surface area (Å²) in [5, 5.41) is -0.142. The Hall–Kier alpha value is -2.53. The van der Waals surface area contributed by atoms with Gasteiger partial charge in [-0.15, -0.1) is 11.8 Å². The van der Waals surface area contributed by atoms with E-state index in [1.807, 2.05) is 48.5 Å². The Kier molecular flexibility index (Phi) is 4.78. The lowest BCUT2D eigenvalue weighted by molar-refractivity contribution is 0.965. The van der Waals surface area contributed by atoms with Gasteiger partial charge in [-0.3, -0.25) is 9.78 Å². The van der Waals surface area contributed by atoms with Crippen molar-refractivity contribution in [2.75, 3.05) is 0 Å². The average Bonchev–Trinajstić information content (AvgIpc) is 2.58. The molecule has 4 nitrogen and oxygen atoms in total. The van der Waals surface area contributed by atoms with Gasteiger partial charge >= 0.3 is 5.69 Å². The van der Waals surface area contributed by atoms with Crippen molar-refractivity contribution >= 4 is 11.8 Å². The number of H-pyrrole nitrogens is 2. The topological polar surface area (TPSA) is 65.7 Å². The predicted molar refractivity (Wildman–Crippen MR) is 93.7 cm³/mol. The van der Waals surface area contributed by atoms with E-state index < -0.39 is 5.69 Å². The number of aromatic nitrogens is 2. The molecule has 116 valence electrons. The first kappa shape index (κ1) is 15.4. The third kappa shape index (κ3) is 3.81. The smallest absolute Gasteiger partial charge is 0.314 e. The molecule has 0 radical (unpaired) electrons. The van der Waals surface area contributed by atoms with E-state index in [0.717, 1.165) is 11.3 Å². The molecule has 0 amide bonds. The molecule has 3 rings (SSSR count). The average molecular weight is 324 g/mol. The van der Waals surface area contributed by atoms with Crippen molar-refractivity contribution in [3.8, 4) is 0 Å². The summed E-state index contributed by atoms with van der Waals surface area (Å²) in [5.74, 6) is 0.777. The van der Waals surface area contributed by atoms with Crippen LogP contribution < -0.4 is 11.2 Å². The highest BCUT2D eigenvalue weighted by atomic mass is 32.2. The number of hydrogen-bond acceptors (Lipinski definition) is 3.